The molecule has 0 radical (unpaired) electrons. The lowest BCUT2D eigenvalue weighted by atomic mass is 9.92. The van der Waals surface area contributed by atoms with Crippen molar-refractivity contribution in [3.8, 4) is 33.4 Å². The van der Waals surface area contributed by atoms with Gasteiger partial charge in [0, 0.05) is 23.6 Å². The Hall–Kier alpha value is -4.15. The van der Waals surface area contributed by atoms with E-state index < -0.39 is 5.09 Å². The number of thiophene rings is 1. The summed E-state index contributed by atoms with van der Waals surface area (Å²) in [4.78, 5) is 29.4. The summed E-state index contributed by atoms with van der Waals surface area (Å²) in [5, 5.41) is 10.6. The van der Waals surface area contributed by atoms with Crippen molar-refractivity contribution < 1.29 is 28.9 Å². The Balaban J connectivity index is 1.16. The van der Waals surface area contributed by atoms with Crippen molar-refractivity contribution in [2.24, 2.45) is 5.92 Å². The van der Waals surface area contributed by atoms with Gasteiger partial charge in [0.2, 0.25) is 0 Å². The summed E-state index contributed by atoms with van der Waals surface area (Å²) >= 11 is 1.67. The molecule has 0 atom stereocenters. The van der Waals surface area contributed by atoms with E-state index in [2.05, 4.69) is 34.9 Å². The number of carbonyl (C=O) groups excluding carboxylic acids is 1. The van der Waals surface area contributed by atoms with Crippen molar-refractivity contribution >= 4 is 27.4 Å². The zero-order valence-electron chi connectivity index (χ0n) is 24.5. The maximum atomic E-state index is 11.3. The first-order valence-corrected chi connectivity index (χ1v) is 15.4. The Bertz CT molecular complexity index is 1530. The van der Waals surface area contributed by atoms with Gasteiger partial charge in [0.05, 0.1) is 11.5 Å². The number of likely N-dealkylation sites (tertiary alicyclic amines) is 1. The van der Waals surface area contributed by atoms with E-state index in [4.69, 9.17) is 14.2 Å². The van der Waals surface area contributed by atoms with Crippen molar-refractivity contribution in [2.75, 3.05) is 32.8 Å². The van der Waals surface area contributed by atoms with Crippen LogP contribution in [0, 0.1) is 23.0 Å². The second kappa shape index (κ2) is 14.3. The molecule has 0 unspecified atom stereocenters. The van der Waals surface area contributed by atoms with Crippen LogP contribution in [-0.2, 0) is 9.63 Å². The smallest absolute Gasteiger partial charge is 0.308 e. The molecular weight excluding hydrogens is 568 g/mol. The molecular formula is C33H36N2O7S. The predicted octanol–water partition coefficient (Wildman–Crippen LogP) is 7.67. The van der Waals surface area contributed by atoms with Gasteiger partial charge in [0.1, 0.15) is 23.9 Å². The van der Waals surface area contributed by atoms with Crippen LogP contribution in [0.4, 0.5) is 0 Å². The molecule has 4 aromatic rings. The lowest BCUT2D eigenvalue weighted by molar-refractivity contribution is -0.757. The second-order valence-electron chi connectivity index (χ2n) is 10.8. The summed E-state index contributed by atoms with van der Waals surface area (Å²) in [5.74, 6) is 3.07. The molecule has 226 valence electrons. The average molecular weight is 605 g/mol. The lowest BCUT2D eigenvalue weighted by Gasteiger charge is -2.31. The molecule has 43 heavy (non-hydrogen) atoms. The minimum atomic E-state index is -0.720. The van der Waals surface area contributed by atoms with Crippen LogP contribution in [0.15, 0.2) is 66.7 Å². The van der Waals surface area contributed by atoms with E-state index in [0.717, 1.165) is 83.1 Å². The molecule has 0 saturated carbocycles. The van der Waals surface area contributed by atoms with E-state index in [9.17, 15) is 14.9 Å². The Morgan fingerprint density at radius 2 is 1.67 bits per heavy atom. The fraction of sp³-hybridized carbons (Fsp3) is 0.364. The van der Waals surface area contributed by atoms with E-state index in [1.54, 1.807) is 23.5 Å². The van der Waals surface area contributed by atoms with E-state index >= 15 is 0 Å². The number of piperidine rings is 1. The number of nitrogens with zero attached hydrogens (tertiary/aromatic N) is 2. The quantitative estimate of drug-likeness (QED) is 0.0504. The Morgan fingerprint density at radius 1 is 0.977 bits per heavy atom. The Morgan fingerprint density at radius 3 is 2.37 bits per heavy atom. The number of esters is 1. The van der Waals surface area contributed by atoms with Gasteiger partial charge >= 0.3 is 5.97 Å². The van der Waals surface area contributed by atoms with Crippen LogP contribution in [0.2, 0.25) is 0 Å². The van der Waals surface area contributed by atoms with Gasteiger partial charge in [-0.05, 0) is 123 Å². The van der Waals surface area contributed by atoms with Crippen LogP contribution in [0.1, 0.15) is 38.2 Å². The number of hydrogen-bond acceptors (Lipinski definition) is 9. The third-order valence-electron chi connectivity index (χ3n) is 7.56. The SMILES string of the molecule is CC(=O)Oc1ccc(-c2sc3cc(C)ccc3c2Oc2ccc(OCCN3CCC(CCCO[N+](=O)[O-])CC3)cc2)cc1. The van der Waals surface area contributed by atoms with Crippen LogP contribution in [0.25, 0.3) is 20.5 Å². The fourth-order valence-electron chi connectivity index (χ4n) is 5.34. The molecule has 1 aliphatic heterocycles. The fourth-order valence-corrected chi connectivity index (χ4v) is 6.57. The number of rotatable bonds is 13. The first kappa shape index (κ1) is 30.3. The van der Waals surface area contributed by atoms with Gasteiger partial charge in [-0.15, -0.1) is 21.5 Å². The standard InChI is InChI=1S/C33H36N2O7S/c1-23-5-14-30-31(22-23)43-33(26-6-8-28(9-7-26)41-24(2)36)32(30)42-29-12-10-27(11-13-29)39-21-19-34-17-15-25(16-18-34)4-3-20-40-35(37)38/h5-14,22,25H,3-4,15-21H2,1-2H3. The molecule has 10 heteroatoms. The molecule has 1 aliphatic rings. The second-order valence-corrected chi connectivity index (χ2v) is 11.8. The highest BCUT2D eigenvalue weighted by molar-refractivity contribution is 7.22. The van der Waals surface area contributed by atoms with Crippen molar-refractivity contribution in [1.82, 2.24) is 4.90 Å². The van der Waals surface area contributed by atoms with Gasteiger partial charge in [0.15, 0.2) is 5.75 Å². The first-order chi connectivity index (χ1) is 20.8. The van der Waals surface area contributed by atoms with Crippen LogP contribution in [0.3, 0.4) is 0 Å². The van der Waals surface area contributed by atoms with Crippen LogP contribution in [-0.4, -0.2) is 48.8 Å². The predicted molar refractivity (Wildman–Crippen MR) is 167 cm³/mol. The van der Waals surface area contributed by atoms with Crippen LogP contribution < -0.4 is 14.2 Å². The van der Waals surface area contributed by atoms with Gasteiger partial charge in [-0.25, -0.2) is 0 Å². The molecule has 3 aromatic carbocycles. The number of carbonyl (C=O) groups is 1. The highest BCUT2D eigenvalue weighted by Crippen LogP contribution is 2.47. The largest absolute Gasteiger partial charge is 0.492 e. The highest BCUT2D eigenvalue weighted by Gasteiger charge is 2.19. The maximum Gasteiger partial charge on any atom is 0.308 e. The summed E-state index contributed by atoms with van der Waals surface area (Å²) in [6, 6.07) is 21.5. The van der Waals surface area contributed by atoms with Crippen molar-refractivity contribution in [3.63, 3.8) is 0 Å². The Labute approximate surface area is 255 Å². The minimum absolute atomic E-state index is 0.183. The van der Waals surface area contributed by atoms with Gasteiger partial charge in [-0.2, -0.15) is 0 Å². The Kier molecular flexibility index (Phi) is 10.1. The van der Waals surface area contributed by atoms with E-state index in [-0.39, 0.29) is 12.6 Å². The summed E-state index contributed by atoms with van der Waals surface area (Å²) in [6.07, 6.45) is 3.89. The molecule has 1 aromatic heterocycles. The molecule has 5 rings (SSSR count). The van der Waals surface area contributed by atoms with E-state index in [0.29, 0.717) is 18.3 Å². The molecule has 2 heterocycles. The number of hydrogen-bond donors (Lipinski definition) is 0. The van der Waals surface area contributed by atoms with Gasteiger partial charge in [0.25, 0.3) is 5.09 Å². The lowest BCUT2D eigenvalue weighted by Crippen LogP contribution is -2.36. The highest BCUT2D eigenvalue weighted by atomic mass is 32.1. The van der Waals surface area contributed by atoms with Crippen molar-refractivity contribution in [1.29, 1.82) is 0 Å². The molecule has 1 saturated heterocycles. The topological polar surface area (TPSA) is 100 Å². The summed E-state index contributed by atoms with van der Waals surface area (Å²) in [6.45, 7) is 7.14. The zero-order valence-corrected chi connectivity index (χ0v) is 25.3. The molecule has 1 fully saturated rings. The minimum Gasteiger partial charge on any atom is -0.492 e. The summed E-state index contributed by atoms with van der Waals surface area (Å²) in [5.41, 5.74) is 2.17. The molecule has 9 nitrogen and oxygen atoms in total. The van der Waals surface area contributed by atoms with E-state index in [1.807, 2.05) is 36.4 Å². The molecule has 0 amide bonds. The first-order valence-electron chi connectivity index (χ1n) is 14.6. The van der Waals surface area contributed by atoms with Crippen molar-refractivity contribution in [2.45, 2.75) is 39.5 Å². The third kappa shape index (κ3) is 8.46. The number of ether oxygens (including phenoxy) is 3. The number of fused-ring (bicyclic) bond motifs is 1. The summed E-state index contributed by atoms with van der Waals surface area (Å²) in [7, 11) is 0. The van der Waals surface area contributed by atoms with Gasteiger partial charge < -0.3 is 19.0 Å². The van der Waals surface area contributed by atoms with Crippen LogP contribution >= 0.6 is 11.3 Å². The number of benzene rings is 3. The third-order valence-corrected chi connectivity index (χ3v) is 8.74. The molecule has 0 spiro atoms. The summed E-state index contributed by atoms with van der Waals surface area (Å²) < 4.78 is 18.9. The zero-order chi connectivity index (χ0) is 30.2. The number of aryl methyl sites for hydroxylation is 1. The monoisotopic (exact) mass is 604 g/mol. The molecule has 0 bridgehead atoms. The van der Waals surface area contributed by atoms with Crippen LogP contribution in [0.5, 0.6) is 23.0 Å². The van der Waals surface area contributed by atoms with E-state index in [1.165, 1.54) is 12.5 Å². The van der Waals surface area contributed by atoms with Crippen molar-refractivity contribution in [3.05, 3.63) is 82.4 Å². The average Bonchev–Trinajstić information content (AvgIpc) is 3.34. The van der Waals surface area contributed by atoms with Gasteiger partial charge in [-0.1, -0.05) is 6.07 Å². The normalized spacial score (nSPS) is 14.0. The van der Waals surface area contributed by atoms with Gasteiger partial charge in [-0.3, -0.25) is 9.69 Å². The maximum absolute atomic E-state index is 11.3. The molecule has 0 aliphatic carbocycles. The molecule has 0 N–H and O–H groups in total.